The van der Waals surface area contributed by atoms with Gasteiger partial charge in [0.05, 0.1) is 17.5 Å². The first-order valence-corrected chi connectivity index (χ1v) is 8.64. The molecule has 1 N–H and O–H groups in total. The van der Waals surface area contributed by atoms with Gasteiger partial charge in [-0.1, -0.05) is 51.1 Å². The van der Waals surface area contributed by atoms with Crippen LogP contribution in [0, 0.1) is 12.3 Å². The summed E-state index contributed by atoms with van der Waals surface area (Å²) in [6, 6.07) is 7.52. The second-order valence-electron chi connectivity index (χ2n) is 6.24. The number of allylic oxidation sites excluding steroid dienone is 2. The summed E-state index contributed by atoms with van der Waals surface area (Å²) in [6.45, 7) is 14.5. The van der Waals surface area contributed by atoms with Crippen LogP contribution in [0.4, 0.5) is 0 Å². The lowest BCUT2D eigenvalue weighted by atomic mass is 9.86. The first-order chi connectivity index (χ1) is 10.3. The van der Waals surface area contributed by atoms with E-state index in [4.69, 9.17) is 4.74 Å². The highest BCUT2D eigenvalue weighted by Crippen LogP contribution is 2.27. The zero-order valence-electron chi connectivity index (χ0n) is 14.2. The number of ether oxygens (including phenoxy) is 1. The van der Waals surface area contributed by atoms with Crippen molar-refractivity contribution in [2.45, 2.75) is 45.6 Å². The molecule has 0 radical (unpaired) electrons. The Hall–Kier alpha value is -1.39. The van der Waals surface area contributed by atoms with Crippen molar-refractivity contribution in [2.24, 2.45) is 5.41 Å². The molecule has 0 saturated carbocycles. The quantitative estimate of drug-likeness (QED) is 0.606. The van der Waals surface area contributed by atoms with Crippen molar-refractivity contribution in [2.75, 3.05) is 6.61 Å². The number of benzene rings is 1. The van der Waals surface area contributed by atoms with Crippen LogP contribution in [0.15, 0.2) is 53.7 Å². The molecule has 0 aromatic heterocycles. The summed E-state index contributed by atoms with van der Waals surface area (Å²) < 4.78 is 21.5. The van der Waals surface area contributed by atoms with E-state index in [2.05, 4.69) is 32.1 Å². The van der Waals surface area contributed by atoms with Crippen molar-refractivity contribution >= 4 is 11.0 Å². The highest BCUT2D eigenvalue weighted by molar-refractivity contribution is 7.83. The molecular weight excluding hydrogens is 294 g/mol. The van der Waals surface area contributed by atoms with Crippen LogP contribution < -0.4 is 4.72 Å². The second kappa shape index (κ2) is 8.30. The number of rotatable bonds is 7. The van der Waals surface area contributed by atoms with Crippen LogP contribution in [0.3, 0.4) is 0 Å². The van der Waals surface area contributed by atoms with E-state index >= 15 is 0 Å². The Morgan fingerprint density at radius 2 is 1.95 bits per heavy atom. The topological polar surface area (TPSA) is 38.3 Å². The second-order valence-corrected chi connectivity index (χ2v) is 7.48. The third kappa shape index (κ3) is 5.43. The highest BCUT2D eigenvalue weighted by Gasteiger charge is 2.30. The van der Waals surface area contributed by atoms with E-state index in [1.165, 1.54) is 0 Å². The van der Waals surface area contributed by atoms with Crippen molar-refractivity contribution < 1.29 is 8.95 Å². The van der Waals surface area contributed by atoms with E-state index in [0.717, 1.165) is 16.2 Å². The average molecular weight is 321 g/mol. The molecule has 1 aromatic rings. The van der Waals surface area contributed by atoms with Gasteiger partial charge in [-0.05, 0) is 37.5 Å². The Kier molecular flexibility index (Phi) is 7.04. The van der Waals surface area contributed by atoms with E-state index in [-0.39, 0.29) is 11.5 Å². The van der Waals surface area contributed by atoms with Crippen molar-refractivity contribution in [1.29, 1.82) is 0 Å². The first kappa shape index (κ1) is 18.7. The lowest BCUT2D eigenvalue weighted by Crippen LogP contribution is -2.43. The average Bonchev–Trinajstić information content (AvgIpc) is 2.44. The Morgan fingerprint density at radius 1 is 1.36 bits per heavy atom. The van der Waals surface area contributed by atoms with Crippen LogP contribution in [0.1, 0.15) is 33.3 Å². The SMILES string of the molecule is C=C/C=C(/OCC)[C@H](N[S@@](=O)c1ccc(C)cc1)C(C)(C)C. The molecule has 4 heteroatoms. The minimum absolute atomic E-state index is 0.148. The summed E-state index contributed by atoms with van der Waals surface area (Å²) >= 11 is 0. The van der Waals surface area contributed by atoms with Gasteiger partial charge in [-0.15, -0.1) is 0 Å². The number of nitrogens with one attached hydrogen (secondary N) is 1. The molecule has 1 rings (SSSR count). The van der Waals surface area contributed by atoms with Crippen LogP contribution in [0.2, 0.25) is 0 Å². The molecule has 122 valence electrons. The van der Waals surface area contributed by atoms with Gasteiger partial charge in [-0.2, -0.15) is 0 Å². The first-order valence-electron chi connectivity index (χ1n) is 7.49. The third-order valence-electron chi connectivity index (χ3n) is 3.20. The summed E-state index contributed by atoms with van der Waals surface area (Å²) in [5, 5.41) is 0. The lowest BCUT2D eigenvalue weighted by molar-refractivity contribution is 0.166. The van der Waals surface area contributed by atoms with Crippen LogP contribution in [0.25, 0.3) is 0 Å². The third-order valence-corrected chi connectivity index (χ3v) is 4.35. The normalized spacial score (nSPS) is 15.2. The van der Waals surface area contributed by atoms with Crippen LogP contribution >= 0.6 is 0 Å². The molecular formula is C18H27NO2S. The van der Waals surface area contributed by atoms with Crippen molar-refractivity contribution in [3.05, 3.63) is 54.3 Å². The molecule has 3 nitrogen and oxygen atoms in total. The Labute approximate surface area is 137 Å². The van der Waals surface area contributed by atoms with E-state index in [1.807, 2.05) is 44.2 Å². The summed E-state index contributed by atoms with van der Waals surface area (Å²) in [6.07, 6.45) is 3.53. The van der Waals surface area contributed by atoms with Crippen LogP contribution in [-0.2, 0) is 15.7 Å². The van der Waals surface area contributed by atoms with Gasteiger partial charge in [-0.3, -0.25) is 0 Å². The van der Waals surface area contributed by atoms with Gasteiger partial charge in [0.25, 0.3) is 0 Å². The molecule has 0 unspecified atom stereocenters. The molecule has 0 aliphatic carbocycles. The van der Waals surface area contributed by atoms with Crippen LogP contribution in [-0.4, -0.2) is 16.9 Å². The van der Waals surface area contributed by atoms with Gasteiger partial charge in [0, 0.05) is 0 Å². The van der Waals surface area contributed by atoms with Crippen molar-refractivity contribution in [3.8, 4) is 0 Å². The standard InChI is InChI=1S/C18H27NO2S/c1-7-9-16(21-8-2)17(18(4,5)6)19-22(20)15-12-10-14(3)11-13-15/h7,9-13,17,19H,1,8H2,2-6H3/b16-9+/t17-,22-/m0/s1. The molecule has 0 aliphatic rings. The molecule has 0 aliphatic heterocycles. The maximum absolute atomic E-state index is 12.6. The molecule has 0 spiro atoms. The van der Waals surface area contributed by atoms with Gasteiger partial charge in [0.1, 0.15) is 16.7 Å². The van der Waals surface area contributed by atoms with E-state index in [1.54, 1.807) is 6.08 Å². The maximum atomic E-state index is 12.6. The zero-order valence-corrected chi connectivity index (χ0v) is 15.0. The van der Waals surface area contributed by atoms with Crippen LogP contribution in [0.5, 0.6) is 0 Å². The minimum atomic E-state index is -1.30. The summed E-state index contributed by atoms with van der Waals surface area (Å²) in [4.78, 5) is 0.759. The van der Waals surface area contributed by atoms with Crippen molar-refractivity contribution in [3.63, 3.8) is 0 Å². The fourth-order valence-corrected chi connectivity index (χ4v) is 3.21. The number of aryl methyl sites for hydroxylation is 1. The largest absolute Gasteiger partial charge is 0.497 e. The Bertz CT molecular complexity index is 541. The zero-order chi connectivity index (χ0) is 16.8. The molecule has 0 bridgehead atoms. The van der Waals surface area contributed by atoms with Gasteiger partial charge in [-0.25, -0.2) is 8.93 Å². The monoisotopic (exact) mass is 321 g/mol. The predicted molar refractivity (Wildman–Crippen MR) is 93.9 cm³/mol. The molecule has 0 amide bonds. The number of hydrogen-bond donors (Lipinski definition) is 1. The summed E-state index contributed by atoms with van der Waals surface area (Å²) in [7, 11) is -1.30. The fourth-order valence-electron chi connectivity index (χ4n) is 2.01. The Balaban J connectivity index is 3.03. The summed E-state index contributed by atoms with van der Waals surface area (Å²) in [5.74, 6) is 0.755. The molecule has 0 heterocycles. The molecule has 0 fully saturated rings. The molecule has 2 atom stereocenters. The number of hydrogen-bond acceptors (Lipinski definition) is 2. The summed E-state index contributed by atoms with van der Waals surface area (Å²) in [5.41, 5.74) is 0.999. The van der Waals surface area contributed by atoms with E-state index in [0.29, 0.717) is 6.61 Å². The Morgan fingerprint density at radius 3 is 2.41 bits per heavy atom. The molecule has 1 aromatic carbocycles. The maximum Gasteiger partial charge on any atom is 0.125 e. The van der Waals surface area contributed by atoms with E-state index in [9.17, 15) is 4.21 Å². The van der Waals surface area contributed by atoms with Gasteiger partial charge in [0.15, 0.2) is 0 Å². The fraction of sp³-hybridized carbons (Fsp3) is 0.444. The predicted octanol–water partition coefficient (Wildman–Crippen LogP) is 4.13. The van der Waals surface area contributed by atoms with Gasteiger partial charge in [0.2, 0.25) is 0 Å². The van der Waals surface area contributed by atoms with Gasteiger partial charge >= 0.3 is 0 Å². The molecule has 0 saturated heterocycles. The highest BCUT2D eigenvalue weighted by atomic mass is 32.2. The minimum Gasteiger partial charge on any atom is -0.497 e. The van der Waals surface area contributed by atoms with Gasteiger partial charge < -0.3 is 4.74 Å². The lowest BCUT2D eigenvalue weighted by Gasteiger charge is -2.32. The smallest absolute Gasteiger partial charge is 0.125 e. The van der Waals surface area contributed by atoms with E-state index < -0.39 is 11.0 Å². The molecule has 22 heavy (non-hydrogen) atoms. The van der Waals surface area contributed by atoms with Crippen molar-refractivity contribution in [1.82, 2.24) is 4.72 Å².